The number of esters is 1. The summed E-state index contributed by atoms with van der Waals surface area (Å²) in [5.41, 5.74) is 16.7. The SMILES string of the molecule is Cn1cc(Nc2nccc(-c3ccc4c(c3)CCCC[C@H]4CC(=O)OC(C)(C)C)n2)cn1.Cn1cc(Nc2nccc(-c3ccc4c(c3)CCCC[C@H]4N)n2)cn1. The van der Waals surface area contributed by atoms with E-state index in [1.807, 2.05) is 59.4 Å². The van der Waals surface area contributed by atoms with Crippen LogP contribution >= 0.6 is 0 Å². The Hall–Kier alpha value is -5.95. The number of hydrogen-bond acceptors (Lipinski definition) is 11. The van der Waals surface area contributed by atoms with Gasteiger partial charge in [-0.3, -0.25) is 14.2 Å². The van der Waals surface area contributed by atoms with Crippen LogP contribution in [0.4, 0.5) is 23.3 Å². The molecule has 0 saturated heterocycles. The van der Waals surface area contributed by atoms with Crippen molar-refractivity contribution in [2.45, 2.75) is 96.1 Å². The van der Waals surface area contributed by atoms with Gasteiger partial charge < -0.3 is 21.1 Å². The van der Waals surface area contributed by atoms with Crippen LogP contribution in [0.25, 0.3) is 22.5 Å². The first-order valence-corrected chi connectivity index (χ1v) is 19.9. The van der Waals surface area contributed by atoms with Crippen molar-refractivity contribution in [2.24, 2.45) is 19.8 Å². The number of carbonyl (C=O) groups is 1. The van der Waals surface area contributed by atoms with Crippen LogP contribution in [0.5, 0.6) is 0 Å². The number of carbonyl (C=O) groups excluding carboxylic acids is 1. The molecule has 6 aromatic rings. The molecule has 57 heavy (non-hydrogen) atoms. The highest BCUT2D eigenvalue weighted by atomic mass is 16.6. The first kappa shape index (κ1) is 39.3. The smallest absolute Gasteiger partial charge is 0.306 e. The monoisotopic (exact) mass is 767 g/mol. The van der Waals surface area contributed by atoms with Gasteiger partial charge >= 0.3 is 5.97 Å². The molecule has 0 radical (unpaired) electrons. The Bertz CT molecular complexity index is 2310. The van der Waals surface area contributed by atoms with Crippen LogP contribution < -0.4 is 16.4 Å². The fraction of sp³-hybridized carbons (Fsp3) is 0.386. The lowest BCUT2D eigenvalue weighted by Gasteiger charge is -2.23. The van der Waals surface area contributed by atoms with Gasteiger partial charge in [0.15, 0.2) is 0 Å². The lowest BCUT2D eigenvalue weighted by atomic mass is 9.88. The van der Waals surface area contributed by atoms with Gasteiger partial charge in [0.1, 0.15) is 5.60 Å². The van der Waals surface area contributed by atoms with Crippen LogP contribution in [0.15, 0.2) is 85.7 Å². The average Bonchev–Trinajstić information content (AvgIpc) is 3.66. The summed E-state index contributed by atoms with van der Waals surface area (Å²) in [5.74, 6) is 1.18. The number of nitrogens with two attached hydrogens (primary N) is 1. The molecular formula is C44H53N11O2. The molecule has 0 unspecified atom stereocenters. The molecule has 4 N–H and O–H groups in total. The number of aromatic nitrogens is 8. The van der Waals surface area contributed by atoms with E-state index in [0.717, 1.165) is 72.4 Å². The summed E-state index contributed by atoms with van der Waals surface area (Å²) in [4.78, 5) is 30.5. The Morgan fingerprint density at radius 1 is 0.754 bits per heavy atom. The van der Waals surface area contributed by atoms with E-state index < -0.39 is 5.60 Å². The van der Waals surface area contributed by atoms with E-state index in [1.165, 1.54) is 35.1 Å². The number of hydrogen-bond donors (Lipinski definition) is 3. The molecular weight excluding hydrogens is 715 g/mol. The van der Waals surface area contributed by atoms with Crippen molar-refractivity contribution >= 4 is 29.2 Å². The minimum atomic E-state index is -0.455. The molecule has 2 aliphatic carbocycles. The molecule has 0 spiro atoms. The molecule has 2 aromatic carbocycles. The van der Waals surface area contributed by atoms with Crippen LogP contribution in [-0.2, 0) is 36.5 Å². The molecule has 0 bridgehead atoms. The fourth-order valence-corrected chi connectivity index (χ4v) is 7.61. The second kappa shape index (κ2) is 17.5. The fourth-order valence-electron chi connectivity index (χ4n) is 7.61. The van der Waals surface area contributed by atoms with Crippen LogP contribution in [-0.4, -0.2) is 51.1 Å². The average molecular weight is 768 g/mol. The molecule has 296 valence electrons. The summed E-state index contributed by atoms with van der Waals surface area (Å²) in [6.07, 6.45) is 20.0. The predicted octanol–water partition coefficient (Wildman–Crippen LogP) is 8.51. The summed E-state index contributed by atoms with van der Waals surface area (Å²) >= 11 is 0. The first-order valence-electron chi connectivity index (χ1n) is 19.9. The molecule has 13 heteroatoms. The Kier molecular flexibility index (Phi) is 12.0. The van der Waals surface area contributed by atoms with Gasteiger partial charge in [-0.1, -0.05) is 37.1 Å². The van der Waals surface area contributed by atoms with Gasteiger partial charge in [-0.25, -0.2) is 19.9 Å². The topological polar surface area (TPSA) is 164 Å². The molecule has 4 aromatic heterocycles. The number of nitrogens with one attached hydrogen (secondary N) is 2. The van der Waals surface area contributed by atoms with Crippen LogP contribution in [0, 0.1) is 0 Å². The van der Waals surface area contributed by atoms with E-state index in [1.54, 1.807) is 34.2 Å². The highest BCUT2D eigenvalue weighted by Crippen LogP contribution is 2.36. The largest absolute Gasteiger partial charge is 0.460 e. The Morgan fingerprint density at radius 3 is 1.81 bits per heavy atom. The molecule has 2 aliphatic rings. The maximum Gasteiger partial charge on any atom is 0.306 e. The number of fused-ring (bicyclic) bond motifs is 2. The second-order valence-electron chi connectivity index (χ2n) is 16.0. The lowest BCUT2D eigenvalue weighted by Crippen LogP contribution is -2.25. The zero-order valence-electron chi connectivity index (χ0n) is 33.6. The number of aryl methyl sites for hydroxylation is 4. The third kappa shape index (κ3) is 10.5. The molecule has 0 amide bonds. The molecule has 4 heterocycles. The normalized spacial score (nSPS) is 16.5. The van der Waals surface area contributed by atoms with Gasteiger partial charge in [-0.15, -0.1) is 0 Å². The van der Waals surface area contributed by atoms with Crippen LogP contribution in [0.3, 0.4) is 0 Å². The van der Waals surface area contributed by atoms with E-state index >= 15 is 0 Å². The van der Waals surface area contributed by atoms with Gasteiger partial charge in [0, 0.05) is 56.1 Å². The van der Waals surface area contributed by atoms with Crippen molar-refractivity contribution < 1.29 is 9.53 Å². The van der Waals surface area contributed by atoms with Gasteiger partial charge in [0.05, 0.1) is 41.6 Å². The third-order valence-electron chi connectivity index (χ3n) is 10.2. The number of anilines is 4. The predicted molar refractivity (Wildman–Crippen MR) is 223 cm³/mol. The molecule has 13 nitrogen and oxygen atoms in total. The summed E-state index contributed by atoms with van der Waals surface area (Å²) in [7, 11) is 3.75. The van der Waals surface area contributed by atoms with Crippen molar-refractivity contribution in [1.29, 1.82) is 0 Å². The third-order valence-corrected chi connectivity index (χ3v) is 10.2. The van der Waals surface area contributed by atoms with E-state index in [0.29, 0.717) is 18.3 Å². The Labute approximate surface area is 334 Å². The van der Waals surface area contributed by atoms with Crippen molar-refractivity contribution in [1.82, 2.24) is 39.5 Å². The summed E-state index contributed by atoms with van der Waals surface area (Å²) < 4.78 is 9.05. The number of rotatable bonds is 8. The molecule has 2 atom stereocenters. The van der Waals surface area contributed by atoms with Crippen molar-refractivity contribution in [3.05, 3.63) is 108 Å². The molecule has 0 aliphatic heterocycles. The zero-order valence-corrected chi connectivity index (χ0v) is 33.6. The van der Waals surface area contributed by atoms with Gasteiger partial charge in [-0.2, -0.15) is 10.2 Å². The summed E-state index contributed by atoms with van der Waals surface area (Å²) in [5, 5.41) is 14.7. The highest BCUT2D eigenvalue weighted by molar-refractivity contribution is 5.72. The highest BCUT2D eigenvalue weighted by Gasteiger charge is 2.25. The van der Waals surface area contributed by atoms with Gasteiger partial charge in [-0.05, 0) is 112 Å². The van der Waals surface area contributed by atoms with E-state index in [9.17, 15) is 4.79 Å². The van der Waals surface area contributed by atoms with Crippen molar-refractivity contribution in [3.8, 4) is 22.5 Å². The maximum atomic E-state index is 12.5. The summed E-state index contributed by atoms with van der Waals surface area (Å²) in [6.45, 7) is 5.74. The van der Waals surface area contributed by atoms with Crippen molar-refractivity contribution in [3.63, 3.8) is 0 Å². The standard InChI is InChI=1S/C25H31N5O2.C19H22N6/c1-25(2,3)32-23(31)14-18-8-6-5-7-17-13-19(9-10-21(17)18)22-11-12-26-24(29-22)28-20-15-27-30(4)16-20;1-25-12-15(11-22-25)23-19-21-9-8-18(24-19)14-6-7-16-13(10-14)4-2-3-5-17(16)20/h9-13,15-16,18H,5-8,14H2,1-4H3,(H,26,28,29);6-12,17H,2-5,20H2,1H3,(H,21,23,24)/t18-;17-/m01/s1. The minimum Gasteiger partial charge on any atom is -0.460 e. The number of ether oxygens (including phenoxy) is 1. The van der Waals surface area contributed by atoms with E-state index in [4.69, 9.17) is 15.5 Å². The maximum absolute atomic E-state index is 12.5. The zero-order chi connectivity index (χ0) is 39.9. The van der Waals surface area contributed by atoms with Crippen molar-refractivity contribution in [2.75, 3.05) is 10.6 Å². The van der Waals surface area contributed by atoms with E-state index in [-0.39, 0.29) is 17.9 Å². The van der Waals surface area contributed by atoms with Crippen LogP contribution in [0.1, 0.15) is 99.9 Å². The minimum absolute atomic E-state index is 0.124. The molecule has 0 saturated carbocycles. The summed E-state index contributed by atoms with van der Waals surface area (Å²) in [6, 6.07) is 17.0. The Balaban J connectivity index is 0.000000179. The lowest BCUT2D eigenvalue weighted by molar-refractivity contribution is -0.155. The van der Waals surface area contributed by atoms with Gasteiger partial charge in [0.2, 0.25) is 11.9 Å². The first-order chi connectivity index (χ1) is 27.5. The van der Waals surface area contributed by atoms with E-state index in [2.05, 4.69) is 72.2 Å². The second-order valence-corrected chi connectivity index (χ2v) is 16.0. The van der Waals surface area contributed by atoms with Gasteiger partial charge in [0.25, 0.3) is 0 Å². The molecule has 8 rings (SSSR count). The quantitative estimate of drug-likeness (QED) is 0.101. The number of nitrogens with zero attached hydrogens (tertiary/aromatic N) is 8. The molecule has 0 fully saturated rings. The Morgan fingerprint density at radius 2 is 1.28 bits per heavy atom. The van der Waals surface area contributed by atoms with Crippen LogP contribution in [0.2, 0.25) is 0 Å². The number of benzene rings is 2.